The average molecular weight is 500 g/mol. The lowest BCUT2D eigenvalue weighted by Gasteiger charge is -2.21. The molecule has 0 saturated carbocycles. The molecule has 35 heavy (non-hydrogen) atoms. The third-order valence-corrected chi connectivity index (χ3v) is 5.78. The Labute approximate surface area is 206 Å². The maximum Gasteiger partial charge on any atom is 0.320 e. The van der Waals surface area contributed by atoms with Crippen molar-refractivity contribution in [2.45, 2.75) is 25.3 Å². The van der Waals surface area contributed by atoms with Crippen molar-refractivity contribution in [1.82, 2.24) is 15.6 Å². The maximum absolute atomic E-state index is 14.8. The van der Waals surface area contributed by atoms with Gasteiger partial charge in [0.2, 0.25) is 0 Å². The number of anilines is 1. The van der Waals surface area contributed by atoms with Crippen LogP contribution in [0.1, 0.15) is 30.9 Å². The van der Waals surface area contributed by atoms with Gasteiger partial charge in [0.25, 0.3) is 5.91 Å². The molecule has 1 saturated heterocycles. The number of nitrogens with one attached hydrogen (secondary N) is 3. The summed E-state index contributed by atoms with van der Waals surface area (Å²) >= 11 is 5.85. The van der Waals surface area contributed by atoms with Crippen LogP contribution < -0.4 is 16.0 Å². The van der Waals surface area contributed by atoms with Gasteiger partial charge in [0.1, 0.15) is 17.7 Å². The summed E-state index contributed by atoms with van der Waals surface area (Å²) in [6.45, 7) is 1.67. The van der Waals surface area contributed by atoms with E-state index in [1.54, 1.807) is 30.3 Å². The number of benzene rings is 2. The Morgan fingerprint density at radius 2 is 1.71 bits per heavy atom. The van der Waals surface area contributed by atoms with E-state index in [4.69, 9.17) is 11.6 Å². The summed E-state index contributed by atoms with van der Waals surface area (Å²) in [5.41, 5.74) is 0.854. The summed E-state index contributed by atoms with van der Waals surface area (Å²) in [4.78, 5) is 25.7. The molecule has 1 atom stereocenters. The number of halogens is 3. The lowest BCUT2D eigenvalue weighted by molar-refractivity contribution is -0.122. The van der Waals surface area contributed by atoms with E-state index in [1.807, 2.05) is 5.01 Å². The second-order valence-electron chi connectivity index (χ2n) is 8.12. The Kier molecular flexibility index (Phi) is 7.77. The molecule has 7 nitrogen and oxygen atoms in total. The number of allylic oxidation sites excluding steroid dienone is 3. The second kappa shape index (κ2) is 11.1. The number of amides is 3. The standard InChI is InChI=1S/C25H24ClF2N5O2/c26-16-7-9-17(10-8-16)29-25(35)31-23(19-5-1-2-6-20(19)27)24(34)30-22-12-11-18(15-21(22)28)32-33-13-3-4-14-33/h1-2,5-10,12,15,23H,3-4,11,13-14H2,(H,30,34)(H2,29,31,35). The van der Waals surface area contributed by atoms with Crippen LogP contribution in [-0.4, -0.2) is 35.7 Å². The van der Waals surface area contributed by atoms with Gasteiger partial charge in [-0.05, 0) is 49.2 Å². The van der Waals surface area contributed by atoms with E-state index < -0.39 is 29.6 Å². The molecule has 1 unspecified atom stereocenters. The zero-order chi connectivity index (χ0) is 24.8. The highest BCUT2D eigenvalue weighted by Gasteiger charge is 2.27. The van der Waals surface area contributed by atoms with E-state index >= 15 is 0 Å². The summed E-state index contributed by atoms with van der Waals surface area (Å²) in [7, 11) is 0. The van der Waals surface area contributed by atoms with Crippen molar-refractivity contribution in [1.29, 1.82) is 0 Å². The number of rotatable bonds is 6. The van der Waals surface area contributed by atoms with Gasteiger partial charge < -0.3 is 16.0 Å². The predicted octanol–water partition coefficient (Wildman–Crippen LogP) is 5.05. The molecular weight excluding hydrogens is 476 g/mol. The minimum absolute atomic E-state index is 0.0587. The van der Waals surface area contributed by atoms with Gasteiger partial charge in [0.15, 0.2) is 0 Å². The van der Waals surface area contributed by atoms with Gasteiger partial charge in [-0.3, -0.25) is 9.80 Å². The number of carbonyl (C=O) groups excluding carboxylic acids is 2. The van der Waals surface area contributed by atoms with Crippen LogP contribution in [0.2, 0.25) is 5.02 Å². The van der Waals surface area contributed by atoms with Crippen molar-refractivity contribution < 1.29 is 18.4 Å². The van der Waals surface area contributed by atoms with Crippen molar-refractivity contribution in [2.75, 3.05) is 18.4 Å². The second-order valence-corrected chi connectivity index (χ2v) is 8.55. The van der Waals surface area contributed by atoms with E-state index in [2.05, 4.69) is 21.1 Å². The smallest absolute Gasteiger partial charge is 0.320 e. The van der Waals surface area contributed by atoms with Crippen molar-refractivity contribution in [3.8, 4) is 0 Å². The van der Waals surface area contributed by atoms with Gasteiger partial charge in [-0.25, -0.2) is 13.6 Å². The molecule has 0 radical (unpaired) electrons. The highest BCUT2D eigenvalue weighted by Crippen LogP contribution is 2.22. The summed E-state index contributed by atoms with van der Waals surface area (Å²) in [5, 5.41) is 14.3. The van der Waals surface area contributed by atoms with Crippen molar-refractivity contribution >= 4 is 34.9 Å². The molecule has 3 N–H and O–H groups in total. The van der Waals surface area contributed by atoms with Gasteiger partial charge in [-0.2, -0.15) is 5.10 Å². The number of hydrogen-bond donors (Lipinski definition) is 3. The Balaban J connectivity index is 1.48. The summed E-state index contributed by atoms with van der Waals surface area (Å²) in [6, 6.07) is 9.73. The molecule has 1 aliphatic carbocycles. The van der Waals surface area contributed by atoms with Crippen LogP contribution >= 0.6 is 11.6 Å². The minimum Gasteiger partial charge on any atom is -0.322 e. The Morgan fingerprint density at radius 1 is 1.00 bits per heavy atom. The Bertz CT molecular complexity index is 1190. The first-order chi connectivity index (χ1) is 16.9. The van der Waals surface area contributed by atoms with Gasteiger partial charge in [0, 0.05) is 35.8 Å². The molecule has 2 aromatic carbocycles. The first kappa shape index (κ1) is 24.4. The lowest BCUT2D eigenvalue weighted by atomic mass is 10.0. The van der Waals surface area contributed by atoms with Crippen molar-refractivity contribution in [2.24, 2.45) is 5.10 Å². The first-order valence-electron chi connectivity index (χ1n) is 11.2. The number of urea groups is 1. The van der Waals surface area contributed by atoms with Gasteiger partial charge in [0.05, 0.1) is 11.4 Å². The zero-order valence-electron chi connectivity index (χ0n) is 18.7. The summed E-state index contributed by atoms with van der Waals surface area (Å²) < 4.78 is 29.3. The molecule has 3 amide bonds. The largest absolute Gasteiger partial charge is 0.322 e. The molecule has 2 aromatic rings. The fourth-order valence-electron chi connectivity index (χ4n) is 3.78. The summed E-state index contributed by atoms with van der Waals surface area (Å²) in [5.74, 6) is -2.15. The van der Waals surface area contributed by atoms with E-state index in [9.17, 15) is 18.4 Å². The number of nitrogens with zero attached hydrogens (tertiary/aromatic N) is 2. The van der Waals surface area contributed by atoms with Gasteiger partial charge in [-0.15, -0.1) is 0 Å². The van der Waals surface area contributed by atoms with E-state index in [1.165, 1.54) is 30.4 Å². The highest BCUT2D eigenvalue weighted by molar-refractivity contribution is 6.30. The minimum atomic E-state index is -1.42. The molecular formula is C25H24ClF2N5O2. The van der Waals surface area contributed by atoms with E-state index in [0.717, 1.165) is 25.9 Å². The molecule has 2 aliphatic rings. The quantitative estimate of drug-likeness (QED) is 0.520. The summed E-state index contributed by atoms with van der Waals surface area (Å²) in [6.07, 6.45) is 5.21. The van der Waals surface area contributed by atoms with Gasteiger partial charge >= 0.3 is 6.03 Å². The number of hydrazone groups is 1. The fourth-order valence-corrected chi connectivity index (χ4v) is 3.91. The predicted molar refractivity (Wildman–Crippen MR) is 131 cm³/mol. The topological polar surface area (TPSA) is 85.8 Å². The van der Waals surface area contributed by atoms with Crippen LogP contribution in [0.4, 0.5) is 19.3 Å². The molecule has 4 rings (SSSR count). The lowest BCUT2D eigenvalue weighted by Crippen LogP contribution is -2.42. The molecule has 0 spiro atoms. The fraction of sp³-hybridized carbons (Fsp3) is 0.240. The number of hydrogen-bond acceptors (Lipinski definition) is 4. The van der Waals surface area contributed by atoms with Crippen LogP contribution in [0.3, 0.4) is 0 Å². The van der Waals surface area contributed by atoms with Crippen LogP contribution in [0.25, 0.3) is 0 Å². The van der Waals surface area contributed by atoms with E-state index in [0.29, 0.717) is 22.8 Å². The first-order valence-corrected chi connectivity index (χ1v) is 11.6. The molecule has 0 bridgehead atoms. The highest BCUT2D eigenvalue weighted by atomic mass is 35.5. The zero-order valence-corrected chi connectivity index (χ0v) is 19.5. The molecule has 1 aliphatic heterocycles. The SMILES string of the molecule is O=C(Nc1ccc(Cl)cc1)NC(C(=O)NC1=CCC(=NN2CCCC2)C=C1F)c1ccccc1F. The van der Waals surface area contributed by atoms with E-state index in [-0.39, 0.29) is 11.3 Å². The third-order valence-electron chi connectivity index (χ3n) is 5.53. The molecule has 1 heterocycles. The van der Waals surface area contributed by atoms with Crippen LogP contribution in [0.5, 0.6) is 0 Å². The monoisotopic (exact) mass is 499 g/mol. The van der Waals surface area contributed by atoms with Crippen molar-refractivity contribution in [3.05, 3.63) is 88.6 Å². The Morgan fingerprint density at radius 3 is 2.40 bits per heavy atom. The van der Waals surface area contributed by atoms with Gasteiger partial charge in [-0.1, -0.05) is 35.9 Å². The van der Waals surface area contributed by atoms with Crippen molar-refractivity contribution in [3.63, 3.8) is 0 Å². The third kappa shape index (κ3) is 6.45. The normalized spacial score (nSPS) is 17.5. The average Bonchev–Trinajstić information content (AvgIpc) is 3.34. The molecule has 182 valence electrons. The Hall–Kier alpha value is -3.72. The molecule has 0 aromatic heterocycles. The maximum atomic E-state index is 14.8. The number of carbonyl (C=O) groups is 2. The van der Waals surface area contributed by atoms with Crippen LogP contribution in [-0.2, 0) is 4.79 Å². The van der Waals surface area contributed by atoms with Crippen LogP contribution in [0, 0.1) is 5.82 Å². The molecule has 10 heteroatoms. The molecule has 1 fully saturated rings. The van der Waals surface area contributed by atoms with Crippen LogP contribution in [0.15, 0.2) is 77.3 Å².